The van der Waals surface area contributed by atoms with E-state index in [-0.39, 0.29) is 17.1 Å². The number of furan rings is 1. The van der Waals surface area contributed by atoms with Crippen LogP contribution in [0.5, 0.6) is 17.2 Å². The fourth-order valence-corrected chi connectivity index (χ4v) is 4.74. The first-order chi connectivity index (χ1) is 18.7. The van der Waals surface area contributed by atoms with Gasteiger partial charge in [0.15, 0.2) is 22.9 Å². The Morgan fingerprint density at radius 1 is 0.949 bits per heavy atom. The summed E-state index contributed by atoms with van der Waals surface area (Å²) in [5.74, 6) is -1.60. The Bertz CT molecular complexity index is 1640. The van der Waals surface area contributed by atoms with E-state index < -0.39 is 29.5 Å². The second-order valence-corrected chi connectivity index (χ2v) is 9.10. The molecule has 0 fully saturated rings. The Balaban J connectivity index is 1.63. The van der Waals surface area contributed by atoms with Gasteiger partial charge in [-0.3, -0.25) is 19.3 Å². The van der Waals surface area contributed by atoms with Crippen LogP contribution in [-0.2, 0) is 9.59 Å². The van der Waals surface area contributed by atoms with E-state index in [0.29, 0.717) is 38.7 Å². The fourth-order valence-electron chi connectivity index (χ4n) is 4.53. The van der Waals surface area contributed by atoms with E-state index in [9.17, 15) is 19.5 Å². The molecular weight excluding hydrogens is 526 g/mol. The fraction of sp³-hybridized carbons (Fsp3) is 0.138. The summed E-state index contributed by atoms with van der Waals surface area (Å²) in [7, 11) is 2.96. The third-order valence-electron chi connectivity index (χ3n) is 6.25. The highest BCUT2D eigenvalue weighted by Crippen LogP contribution is 2.43. The molecule has 1 aromatic heterocycles. The smallest absolute Gasteiger partial charge is 0.308 e. The van der Waals surface area contributed by atoms with Crippen LogP contribution in [0, 0.1) is 0 Å². The third-order valence-corrected chi connectivity index (χ3v) is 6.47. The molecule has 10 heteroatoms. The van der Waals surface area contributed by atoms with Crippen LogP contribution < -0.4 is 19.1 Å². The number of anilines is 1. The van der Waals surface area contributed by atoms with Gasteiger partial charge in [0.1, 0.15) is 11.5 Å². The molecule has 1 unspecified atom stereocenters. The number of esters is 1. The monoisotopic (exact) mass is 547 g/mol. The maximum atomic E-state index is 13.9. The number of Topliss-reactive ketones (excluding diaryl/α,β-unsaturated/α-hetero) is 1. The molecular formula is C29H22ClNO8. The maximum Gasteiger partial charge on any atom is 0.308 e. The van der Waals surface area contributed by atoms with E-state index in [1.807, 2.05) is 0 Å². The number of ether oxygens (including phenoxy) is 3. The van der Waals surface area contributed by atoms with Crippen molar-refractivity contribution in [3.63, 3.8) is 0 Å². The number of aliphatic hydroxyl groups excluding tert-OH is 1. The van der Waals surface area contributed by atoms with Gasteiger partial charge in [-0.05, 0) is 54.1 Å². The minimum Gasteiger partial charge on any atom is -0.503 e. The molecule has 0 bridgehead atoms. The van der Waals surface area contributed by atoms with Crippen LogP contribution in [0.3, 0.4) is 0 Å². The lowest BCUT2D eigenvalue weighted by Gasteiger charge is -2.27. The van der Waals surface area contributed by atoms with Crippen molar-refractivity contribution in [2.24, 2.45) is 0 Å². The minimum atomic E-state index is -1.02. The van der Waals surface area contributed by atoms with Gasteiger partial charge < -0.3 is 23.7 Å². The van der Waals surface area contributed by atoms with Crippen molar-refractivity contribution < 1.29 is 38.1 Å². The summed E-state index contributed by atoms with van der Waals surface area (Å²) >= 11 is 6.17. The highest BCUT2D eigenvalue weighted by atomic mass is 35.5. The number of methoxy groups -OCH3 is 2. The van der Waals surface area contributed by atoms with Crippen molar-refractivity contribution in [3.8, 4) is 17.2 Å². The van der Waals surface area contributed by atoms with Gasteiger partial charge in [0.05, 0.1) is 25.8 Å². The van der Waals surface area contributed by atoms with Crippen LogP contribution in [0.15, 0.2) is 82.5 Å². The van der Waals surface area contributed by atoms with Gasteiger partial charge in [-0.25, -0.2) is 0 Å². The number of carbonyl (C=O) groups excluding carboxylic acids is 3. The van der Waals surface area contributed by atoms with Crippen LogP contribution in [0.25, 0.3) is 11.0 Å². The zero-order valence-electron chi connectivity index (χ0n) is 21.1. The number of halogens is 1. The Morgan fingerprint density at radius 2 is 1.62 bits per heavy atom. The van der Waals surface area contributed by atoms with Crippen molar-refractivity contribution in [3.05, 3.63) is 94.4 Å². The molecule has 39 heavy (non-hydrogen) atoms. The number of rotatable bonds is 7. The summed E-state index contributed by atoms with van der Waals surface area (Å²) in [6.07, 6.45) is 0. The van der Waals surface area contributed by atoms with Gasteiger partial charge >= 0.3 is 5.97 Å². The van der Waals surface area contributed by atoms with Crippen molar-refractivity contribution in [2.45, 2.75) is 13.0 Å². The Hall–Kier alpha value is -4.76. The van der Waals surface area contributed by atoms with E-state index in [2.05, 4.69) is 0 Å². The predicted molar refractivity (Wildman–Crippen MR) is 143 cm³/mol. The molecule has 0 aliphatic carbocycles. The maximum absolute atomic E-state index is 13.9. The SMILES string of the molecule is COc1ccc(N2C(=O)C(O)=C(C(=O)c3cc4cc(Cl)cc(OC)c4o3)C2c2ccc(OC(C)=O)cc2)cc1. The number of fused-ring (bicyclic) bond motifs is 1. The second kappa shape index (κ2) is 10.2. The average molecular weight is 548 g/mol. The van der Waals surface area contributed by atoms with Gasteiger partial charge in [-0.1, -0.05) is 23.7 Å². The molecule has 4 aromatic rings. The second-order valence-electron chi connectivity index (χ2n) is 8.67. The lowest BCUT2D eigenvalue weighted by Crippen LogP contribution is -2.31. The normalized spacial score (nSPS) is 15.1. The number of hydrogen-bond donors (Lipinski definition) is 1. The summed E-state index contributed by atoms with van der Waals surface area (Å²) < 4.78 is 21.5. The number of nitrogens with zero attached hydrogens (tertiary/aromatic N) is 1. The first-order valence-corrected chi connectivity index (χ1v) is 12.1. The summed E-state index contributed by atoms with van der Waals surface area (Å²) in [6, 6.07) is 16.5. The minimum absolute atomic E-state index is 0.113. The molecule has 9 nitrogen and oxygen atoms in total. The summed E-state index contributed by atoms with van der Waals surface area (Å²) in [6.45, 7) is 1.28. The molecule has 0 spiro atoms. The number of amides is 1. The van der Waals surface area contributed by atoms with Gasteiger partial charge in [0.25, 0.3) is 5.91 Å². The molecule has 1 atom stereocenters. The quantitative estimate of drug-likeness (QED) is 0.175. The Labute approximate surface area is 227 Å². The van der Waals surface area contributed by atoms with Crippen molar-refractivity contribution in [1.29, 1.82) is 0 Å². The van der Waals surface area contributed by atoms with E-state index >= 15 is 0 Å². The molecule has 1 N–H and O–H groups in total. The predicted octanol–water partition coefficient (Wildman–Crippen LogP) is 5.81. The first kappa shape index (κ1) is 25.9. The molecule has 1 aliphatic heterocycles. The summed E-state index contributed by atoms with van der Waals surface area (Å²) in [4.78, 5) is 40.0. The highest BCUT2D eigenvalue weighted by Gasteiger charge is 2.45. The summed E-state index contributed by atoms with van der Waals surface area (Å²) in [5.41, 5.74) is 1.02. The van der Waals surface area contributed by atoms with Crippen LogP contribution in [0.4, 0.5) is 5.69 Å². The van der Waals surface area contributed by atoms with Gasteiger partial charge in [0, 0.05) is 29.1 Å². The molecule has 3 aromatic carbocycles. The molecule has 1 amide bonds. The molecule has 2 heterocycles. The highest BCUT2D eigenvalue weighted by molar-refractivity contribution is 6.31. The van der Waals surface area contributed by atoms with Crippen molar-refractivity contribution >= 4 is 45.9 Å². The van der Waals surface area contributed by atoms with Crippen LogP contribution >= 0.6 is 11.6 Å². The van der Waals surface area contributed by atoms with Crippen LogP contribution in [0.1, 0.15) is 29.1 Å². The number of carbonyl (C=O) groups is 3. The number of aliphatic hydroxyl groups is 1. The first-order valence-electron chi connectivity index (χ1n) is 11.7. The zero-order valence-corrected chi connectivity index (χ0v) is 21.8. The number of benzene rings is 3. The van der Waals surface area contributed by atoms with Gasteiger partial charge in [0.2, 0.25) is 5.78 Å². The molecule has 0 saturated heterocycles. The Morgan fingerprint density at radius 3 is 2.23 bits per heavy atom. The molecule has 5 rings (SSSR count). The standard InChI is InChI=1S/C29H22ClNO8/c1-15(32)38-21-8-4-16(5-9-21)25-24(27(34)29(35)31(25)19-6-10-20(36-2)11-7-19)26(33)22-13-17-12-18(30)14-23(37-3)28(17)39-22/h4-14,25,34H,1-3H3. The third kappa shape index (κ3) is 4.68. The largest absolute Gasteiger partial charge is 0.503 e. The van der Waals surface area contributed by atoms with E-state index in [1.54, 1.807) is 60.7 Å². The van der Waals surface area contributed by atoms with E-state index in [4.69, 9.17) is 30.2 Å². The number of ketones is 1. The van der Waals surface area contributed by atoms with Crippen molar-refractivity contribution in [2.75, 3.05) is 19.1 Å². The number of hydrogen-bond acceptors (Lipinski definition) is 8. The lowest BCUT2D eigenvalue weighted by molar-refractivity contribution is -0.131. The van der Waals surface area contributed by atoms with Crippen LogP contribution in [0.2, 0.25) is 5.02 Å². The zero-order chi connectivity index (χ0) is 27.8. The van der Waals surface area contributed by atoms with Gasteiger partial charge in [-0.2, -0.15) is 0 Å². The molecule has 0 saturated carbocycles. The topological polar surface area (TPSA) is 116 Å². The van der Waals surface area contributed by atoms with E-state index in [1.165, 1.54) is 32.1 Å². The molecule has 1 aliphatic rings. The van der Waals surface area contributed by atoms with Gasteiger partial charge in [-0.15, -0.1) is 0 Å². The Kier molecular flexibility index (Phi) is 6.76. The average Bonchev–Trinajstić information content (AvgIpc) is 3.47. The van der Waals surface area contributed by atoms with Crippen LogP contribution in [-0.4, -0.2) is 37.0 Å². The summed E-state index contributed by atoms with van der Waals surface area (Å²) in [5, 5.41) is 11.9. The van der Waals surface area contributed by atoms with Crippen molar-refractivity contribution in [1.82, 2.24) is 0 Å². The van der Waals surface area contributed by atoms with E-state index in [0.717, 1.165) is 0 Å². The molecule has 198 valence electrons. The lowest BCUT2D eigenvalue weighted by atomic mass is 9.94. The molecule has 0 radical (unpaired) electrons.